The Kier molecular flexibility index (Phi) is 13.6. The molecule has 1 fully saturated rings. The van der Waals surface area contributed by atoms with E-state index in [9.17, 15) is 4.79 Å². The number of quaternary nitrogens is 1. The molecule has 1 saturated heterocycles. The number of methoxy groups -OCH3 is 2. The second-order valence-corrected chi connectivity index (χ2v) is 16.0. The van der Waals surface area contributed by atoms with Crippen LogP contribution >= 0.6 is 7.58 Å². The first-order chi connectivity index (χ1) is 28.8. The van der Waals surface area contributed by atoms with Crippen LogP contribution in [-0.2, 0) is 36.5 Å². The zero-order valence-electron chi connectivity index (χ0n) is 33.8. The molecule has 0 bridgehead atoms. The molecule has 1 unspecified atom stereocenters. The largest absolute Gasteiger partial charge is 0.497 e. The van der Waals surface area contributed by atoms with E-state index in [2.05, 4.69) is 53.2 Å². The number of carbonyl (C=O) groups excluding carboxylic acids is 1. The maximum Gasteiger partial charge on any atom is 0.256 e. The van der Waals surface area contributed by atoms with E-state index in [-0.39, 0.29) is 18.3 Å². The van der Waals surface area contributed by atoms with Crippen LogP contribution in [0.15, 0.2) is 122 Å². The number of nitrogens with zero attached hydrogens (tertiary/aromatic N) is 5. The monoisotopic (exact) mass is 837 g/mol. The number of anilines is 1. The van der Waals surface area contributed by atoms with Crippen molar-refractivity contribution in [1.82, 2.24) is 19.5 Å². The smallest absolute Gasteiger partial charge is 0.256 e. The maximum absolute atomic E-state index is 13.1. The number of carbonyl (C=O) groups is 1. The van der Waals surface area contributed by atoms with Crippen molar-refractivity contribution in [2.75, 3.05) is 45.8 Å². The molecule has 1 N–H and O–H groups in total. The van der Waals surface area contributed by atoms with E-state index in [0.717, 1.165) is 47.8 Å². The minimum Gasteiger partial charge on any atom is -0.497 e. The van der Waals surface area contributed by atoms with Gasteiger partial charge in [0.15, 0.2) is 17.0 Å². The number of hydroxylamine groups is 3. The third-order valence-electron chi connectivity index (χ3n) is 11.0. The Labute approximate surface area is 351 Å². The van der Waals surface area contributed by atoms with Crippen LogP contribution in [0.4, 0.5) is 5.82 Å². The Morgan fingerprint density at radius 2 is 1.41 bits per heavy atom. The van der Waals surface area contributed by atoms with E-state index in [1.807, 2.05) is 77.4 Å². The lowest BCUT2D eigenvalue weighted by Crippen LogP contribution is -2.46. The summed E-state index contributed by atoms with van der Waals surface area (Å²) in [5.41, 5.74) is 3.00. The number of amides is 1. The van der Waals surface area contributed by atoms with E-state index in [0.29, 0.717) is 27.8 Å². The lowest BCUT2D eigenvalue weighted by Gasteiger charge is -2.37. The van der Waals surface area contributed by atoms with Crippen molar-refractivity contribution in [3.8, 4) is 11.5 Å². The molecule has 2 aromatic heterocycles. The fourth-order valence-corrected chi connectivity index (χ4v) is 9.60. The zero-order chi connectivity index (χ0) is 41.4. The van der Waals surface area contributed by atoms with Crippen LogP contribution < -0.4 is 14.8 Å². The standard InChI is InChI=1S/C44H49N6O7PS/c1-6-50(7-2,8-3)57-58(59)56-37-27-39(49-30-47-40-41(45-29-46-42(40)49)48-43(51)31-15-11-9-12-16-31)55-38(37)28-54-44(32-17-13-10-14-18-32,33-19-23-35(52-4)24-20-33)34-21-25-36(53-5)26-22-34/h9-26,29-30,37-39,58H,6-8,27-28H2,1-5H3/p+1/t37-,38+,39+/m0/s1. The highest BCUT2D eigenvalue weighted by molar-refractivity contribution is 8.29. The first-order valence-corrected chi connectivity index (χ1v) is 22.2. The van der Waals surface area contributed by atoms with Crippen LogP contribution in [0.3, 0.4) is 0 Å². The summed E-state index contributed by atoms with van der Waals surface area (Å²) >= 11 is 5.96. The zero-order valence-corrected chi connectivity index (χ0v) is 35.6. The molecule has 15 heteroatoms. The quantitative estimate of drug-likeness (QED) is 0.0297. The summed E-state index contributed by atoms with van der Waals surface area (Å²) in [5, 5.41) is 2.89. The summed E-state index contributed by atoms with van der Waals surface area (Å²) in [5.74, 6) is 1.43. The molecule has 4 atom stereocenters. The number of imidazole rings is 1. The van der Waals surface area contributed by atoms with Gasteiger partial charge in [0, 0.05) is 12.0 Å². The second kappa shape index (κ2) is 19.0. The molecule has 4 aromatic carbocycles. The number of fused-ring (bicyclic) bond motifs is 1. The highest BCUT2D eigenvalue weighted by atomic mass is 32.7. The number of hydrogen-bond donors (Lipinski definition) is 1. The Morgan fingerprint density at radius 1 is 0.831 bits per heavy atom. The van der Waals surface area contributed by atoms with Gasteiger partial charge >= 0.3 is 0 Å². The molecule has 0 saturated carbocycles. The predicted octanol–water partition coefficient (Wildman–Crippen LogP) is 8.09. The van der Waals surface area contributed by atoms with Crippen molar-refractivity contribution in [3.05, 3.63) is 144 Å². The van der Waals surface area contributed by atoms with Crippen LogP contribution in [0.2, 0.25) is 0 Å². The van der Waals surface area contributed by atoms with E-state index >= 15 is 0 Å². The average molecular weight is 838 g/mol. The first kappa shape index (κ1) is 42.2. The van der Waals surface area contributed by atoms with Gasteiger partial charge in [-0.2, -0.15) is 0 Å². The number of hydrogen-bond acceptors (Lipinski definition) is 11. The Bertz CT molecular complexity index is 2230. The molecule has 0 radical (unpaired) electrons. The number of benzene rings is 4. The predicted molar refractivity (Wildman–Crippen MR) is 230 cm³/mol. The molecule has 6 aromatic rings. The molecule has 59 heavy (non-hydrogen) atoms. The van der Waals surface area contributed by atoms with Gasteiger partial charge in [0.2, 0.25) is 7.58 Å². The van der Waals surface area contributed by atoms with Crippen LogP contribution in [-0.4, -0.2) is 82.7 Å². The lowest BCUT2D eigenvalue weighted by molar-refractivity contribution is -1.08. The van der Waals surface area contributed by atoms with E-state index in [4.69, 9.17) is 40.3 Å². The summed E-state index contributed by atoms with van der Waals surface area (Å²) < 4.78 is 40.7. The molecule has 0 aliphatic carbocycles. The number of nitrogens with one attached hydrogen (secondary N) is 1. The fourth-order valence-electron chi connectivity index (χ4n) is 7.52. The highest BCUT2D eigenvalue weighted by Gasteiger charge is 2.45. The molecule has 7 rings (SSSR count). The minimum atomic E-state index is -2.21. The molecular formula is C44H50N6O7PS+. The van der Waals surface area contributed by atoms with Crippen molar-refractivity contribution in [1.29, 1.82) is 0 Å². The first-order valence-electron chi connectivity index (χ1n) is 19.7. The summed E-state index contributed by atoms with van der Waals surface area (Å²) in [6.45, 7) is 8.64. The third kappa shape index (κ3) is 9.00. The SMILES string of the molecule is CC[N+](CC)(CC)O[PH+]([S-])O[C@H]1C[C@H](n2cnc3c(NC(=O)c4ccccc4)ncnc32)O[C@@H]1COC(c1ccccc1)(c1ccc(OC)cc1)c1ccc(OC)cc1. The van der Waals surface area contributed by atoms with Crippen LogP contribution in [0.5, 0.6) is 11.5 Å². The molecule has 3 heterocycles. The Morgan fingerprint density at radius 3 is 1.98 bits per heavy atom. The van der Waals surface area contributed by atoms with Crippen molar-refractivity contribution in [2.24, 2.45) is 0 Å². The van der Waals surface area contributed by atoms with Gasteiger partial charge in [-0.15, -0.1) is 4.65 Å². The van der Waals surface area contributed by atoms with Crippen molar-refractivity contribution in [3.63, 3.8) is 0 Å². The lowest BCUT2D eigenvalue weighted by atomic mass is 9.80. The third-order valence-corrected chi connectivity index (χ3v) is 12.5. The minimum absolute atomic E-state index is 0.105. The van der Waals surface area contributed by atoms with Crippen LogP contribution in [0.25, 0.3) is 11.2 Å². The van der Waals surface area contributed by atoms with Gasteiger partial charge < -0.3 is 36.5 Å². The van der Waals surface area contributed by atoms with Gasteiger partial charge in [0.1, 0.15) is 61.5 Å². The summed E-state index contributed by atoms with van der Waals surface area (Å²) in [7, 11) is 1.09. The highest BCUT2D eigenvalue weighted by Crippen LogP contribution is 2.47. The van der Waals surface area contributed by atoms with Gasteiger partial charge in [0.25, 0.3) is 5.91 Å². The van der Waals surface area contributed by atoms with Crippen LogP contribution in [0.1, 0.15) is 60.5 Å². The summed E-state index contributed by atoms with van der Waals surface area (Å²) in [6.07, 6.45) is 1.75. The summed E-state index contributed by atoms with van der Waals surface area (Å²) in [4.78, 5) is 26.7. The van der Waals surface area contributed by atoms with Crippen molar-refractivity contribution >= 4 is 42.7 Å². The van der Waals surface area contributed by atoms with E-state index in [1.165, 1.54) is 6.33 Å². The molecule has 0 spiro atoms. The molecular weight excluding hydrogens is 788 g/mol. The molecule has 1 amide bonds. The van der Waals surface area contributed by atoms with Crippen molar-refractivity contribution < 1.29 is 37.5 Å². The molecule has 1 aliphatic rings. The van der Waals surface area contributed by atoms with Gasteiger partial charge in [-0.25, -0.2) is 19.5 Å². The van der Waals surface area contributed by atoms with Gasteiger partial charge in [-0.05, 0) is 73.9 Å². The normalized spacial score (nSPS) is 17.5. The van der Waals surface area contributed by atoms with Gasteiger partial charge in [-0.3, -0.25) is 9.36 Å². The van der Waals surface area contributed by atoms with Crippen LogP contribution in [0, 0.1) is 0 Å². The van der Waals surface area contributed by atoms with Crippen molar-refractivity contribution in [2.45, 2.75) is 51.2 Å². The van der Waals surface area contributed by atoms with Gasteiger partial charge in [-0.1, -0.05) is 77.4 Å². The second-order valence-electron chi connectivity index (χ2n) is 14.1. The fraction of sp³-hybridized carbons (Fsp3) is 0.318. The molecule has 308 valence electrons. The molecule has 13 nitrogen and oxygen atoms in total. The van der Waals surface area contributed by atoms with Gasteiger partial charge in [0.05, 0.1) is 27.2 Å². The topological polar surface area (TPSA) is 128 Å². The number of aromatic nitrogens is 4. The number of ether oxygens (including phenoxy) is 4. The van der Waals surface area contributed by atoms with E-state index < -0.39 is 31.6 Å². The Balaban J connectivity index is 1.25. The molecule has 1 aliphatic heterocycles. The average Bonchev–Trinajstić information content (AvgIpc) is 3.91. The summed E-state index contributed by atoms with van der Waals surface area (Å²) in [6, 6.07) is 34.8. The maximum atomic E-state index is 13.1. The number of rotatable bonds is 18. The Hall–Kier alpha value is -4.92. The van der Waals surface area contributed by atoms with E-state index in [1.54, 1.807) is 44.8 Å².